The first-order valence-corrected chi connectivity index (χ1v) is 8.18. The normalized spacial score (nSPS) is 24.6. The van der Waals surface area contributed by atoms with Crippen molar-refractivity contribution in [1.29, 1.82) is 0 Å². The molecule has 0 fully saturated rings. The zero-order valence-electron chi connectivity index (χ0n) is 13.4. The van der Waals surface area contributed by atoms with Gasteiger partial charge in [-0.2, -0.15) is 4.57 Å². The lowest BCUT2D eigenvalue weighted by molar-refractivity contribution is -0.727. The van der Waals surface area contributed by atoms with Crippen LogP contribution in [0.3, 0.4) is 0 Å². The zero-order valence-corrected chi connectivity index (χ0v) is 13.4. The van der Waals surface area contributed by atoms with Gasteiger partial charge in [-0.3, -0.25) is 0 Å². The maximum Gasteiger partial charge on any atom is 0.216 e. The van der Waals surface area contributed by atoms with Crippen LogP contribution in [0.25, 0.3) is 22.2 Å². The number of para-hydroxylation sites is 1. The average molecular weight is 286 g/mol. The van der Waals surface area contributed by atoms with E-state index in [1.807, 2.05) is 0 Å². The minimum atomic E-state index is 0.150. The first-order valence-electron chi connectivity index (χ1n) is 8.18. The summed E-state index contributed by atoms with van der Waals surface area (Å²) in [6, 6.07) is 18.1. The molecule has 0 saturated heterocycles. The summed E-state index contributed by atoms with van der Waals surface area (Å²) in [5, 5.41) is 1.38. The molecule has 0 radical (unpaired) electrons. The van der Waals surface area contributed by atoms with Crippen molar-refractivity contribution >= 4 is 10.9 Å². The van der Waals surface area contributed by atoms with Crippen molar-refractivity contribution in [1.82, 2.24) is 0 Å². The summed E-state index contributed by atoms with van der Waals surface area (Å²) in [6.45, 7) is 7.10. The van der Waals surface area contributed by atoms with E-state index in [1.54, 1.807) is 0 Å². The molecular weight excluding hydrogens is 266 g/mol. The standard InChI is InChI=1S/C21H20N/c1-13-11-15-7-6-8-16-12-21(3)14(2)17-9-4-5-10-18(17)19(13)22(21)20(15)16/h4-11,14H,12H2,1-3H3/q+1. The molecule has 2 unspecified atom stereocenters. The number of aryl methyl sites for hydroxylation is 1. The molecule has 0 aliphatic carbocycles. The third-order valence-corrected chi connectivity index (χ3v) is 6.02. The van der Waals surface area contributed by atoms with E-state index >= 15 is 0 Å². The van der Waals surface area contributed by atoms with E-state index in [1.165, 1.54) is 38.9 Å². The lowest BCUT2D eigenvalue weighted by Crippen LogP contribution is -2.59. The Hall–Kier alpha value is -2.15. The van der Waals surface area contributed by atoms with E-state index in [4.69, 9.17) is 0 Å². The number of hydrogen-bond acceptors (Lipinski definition) is 0. The van der Waals surface area contributed by atoms with Crippen LogP contribution in [0.2, 0.25) is 0 Å². The second-order valence-electron chi connectivity index (χ2n) is 7.21. The van der Waals surface area contributed by atoms with Crippen molar-refractivity contribution in [2.75, 3.05) is 0 Å². The van der Waals surface area contributed by atoms with E-state index < -0.39 is 0 Å². The monoisotopic (exact) mass is 286 g/mol. The van der Waals surface area contributed by atoms with E-state index in [-0.39, 0.29) is 5.54 Å². The molecule has 1 aromatic heterocycles. The Kier molecular flexibility index (Phi) is 2.13. The van der Waals surface area contributed by atoms with Gasteiger partial charge in [0.2, 0.25) is 11.2 Å². The number of rotatable bonds is 0. The highest BCUT2D eigenvalue weighted by Gasteiger charge is 2.53. The van der Waals surface area contributed by atoms with Crippen molar-refractivity contribution in [3.63, 3.8) is 0 Å². The van der Waals surface area contributed by atoms with E-state index in [0.29, 0.717) is 5.92 Å². The van der Waals surface area contributed by atoms with Crippen LogP contribution in [0.4, 0.5) is 0 Å². The van der Waals surface area contributed by atoms with Gasteiger partial charge in [0.05, 0.1) is 5.56 Å². The fraction of sp³-hybridized carbons (Fsp3) is 0.286. The average Bonchev–Trinajstić information content (AvgIpc) is 2.83. The fourth-order valence-electron chi connectivity index (χ4n) is 4.81. The van der Waals surface area contributed by atoms with Crippen molar-refractivity contribution < 1.29 is 4.57 Å². The van der Waals surface area contributed by atoms with Gasteiger partial charge in [-0.05, 0) is 30.7 Å². The second kappa shape index (κ2) is 3.78. The highest BCUT2D eigenvalue weighted by Crippen LogP contribution is 2.48. The molecule has 1 nitrogen and oxygen atoms in total. The van der Waals surface area contributed by atoms with Gasteiger partial charge in [0.15, 0.2) is 5.54 Å². The SMILES string of the molecule is Cc1cc2cccc3c2[n+]2c1-c1ccccc1C(C)C2(C)C3. The molecule has 5 rings (SSSR count). The summed E-state index contributed by atoms with van der Waals surface area (Å²) in [4.78, 5) is 0. The molecule has 2 aliphatic rings. The number of benzene rings is 2. The van der Waals surface area contributed by atoms with E-state index in [2.05, 4.69) is 73.9 Å². The molecule has 108 valence electrons. The number of aromatic nitrogens is 1. The highest BCUT2D eigenvalue weighted by atomic mass is 15.1. The first-order chi connectivity index (χ1) is 10.6. The summed E-state index contributed by atoms with van der Waals surface area (Å²) in [5.74, 6) is 0.526. The summed E-state index contributed by atoms with van der Waals surface area (Å²) < 4.78 is 2.65. The largest absolute Gasteiger partial charge is 0.216 e. The topological polar surface area (TPSA) is 3.88 Å². The quantitative estimate of drug-likeness (QED) is 0.536. The lowest BCUT2D eigenvalue weighted by atomic mass is 9.74. The van der Waals surface area contributed by atoms with Gasteiger partial charge >= 0.3 is 0 Å². The van der Waals surface area contributed by atoms with Crippen LogP contribution < -0.4 is 4.57 Å². The van der Waals surface area contributed by atoms with Crippen molar-refractivity contribution in [2.24, 2.45) is 0 Å². The summed E-state index contributed by atoms with van der Waals surface area (Å²) in [7, 11) is 0. The first kappa shape index (κ1) is 12.4. The molecule has 0 amide bonds. The predicted molar refractivity (Wildman–Crippen MR) is 90.1 cm³/mol. The predicted octanol–water partition coefficient (Wildman–Crippen LogP) is 4.49. The molecule has 0 spiro atoms. The van der Waals surface area contributed by atoms with Crippen LogP contribution in [0.1, 0.15) is 36.5 Å². The van der Waals surface area contributed by atoms with E-state index in [9.17, 15) is 0 Å². The minimum absolute atomic E-state index is 0.150. The second-order valence-corrected chi connectivity index (χ2v) is 7.21. The van der Waals surface area contributed by atoms with Gasteiger partial charge < -0.3 is 0 Å². The molecular formula is C21H20N+. The van der Waals surface area contributed by atoms with Crippen molar-refractivity contribution in [2.45, 2.75) is 38.6 Å². The molecule has 22 heavy (non-hydrogen) atoms. The molecule has 0 bridgehead atoms. The van der Waals surface area contributed by atoms with Gasteiger partial charge in [0.25, 0.3) is 0 Å². The fourth-order valence-corrected chi connectivity index (χ4v) is 4.81. The van der Waals surface area contributed by atoms with Crippen LogP contribution in [-0.2, 0) is 12.0 Å². The molecule has 3 heterocycles. The van der Waals surface area contributed by atoms with Crippen LogP contribution in [0.5, 0.6) is 0 Å². The Balaban J connectivity index is 2.05. The van der Waals surface area contributed by atoms with Gasteiger partial charge in [-0.25, -0.2) is 0 Å². The van der Waals surface area contributed by atoms with Crippen LogP contribution >= 0.6 is 0 Å². The van der Waals surface area contributed by atoms with Gasteiger partial charge in [0.1, 0.15) is 0 Å². The van der Waals surface area contributed by atoms with Crippen molar-refractivity contribution in [3.05, 3.63) is 65.2 Å². The number of fused-ring (bicyclic) bond motifs is 2. The summed E-state index contributed by atoms with van der Waals surface area (Å²) >= 11 is 0. The summed E-state index contributed by atoms with van der Waals surface area (Å²) in [6.07, 6.45) is 1.14. The highest BCUT2D eigenvalue weighted by molar-refractivity contribution is 5.84. The Morgan fingerprint density at radius 3 is 2.77 bits per heavy atom. The van der Waals surface area contributed by atoms with Crippen LogP contribution in [0.15, 0.2) is 48.5 Å². The third kappa shape index (κ3) is 1.24. The summed E-state index contributed by atoms with van der Waals surface area (Å²) in [5.41, 5.74) is 8.83. The molecule has 2 aromatic carbocycles. The van der Waals surface area contributed by atoms with Crippen molar-refractivity contribution in [3.8, 4) is 11.3 Å². The molecule has 0 saturated carbocycles. The lowest BCUT2D eigenvalue weighted by Gasteiger charge is -2.34. The van der Waals surface area contributed by atoms with E-state index in [0.717, 1.165) is 6.42 Å². The Morgan fingerprint density at radius 1 is 1.09 bits per heavy atom. The number of hydrogen-bond donors (Lipinski definition) is 0. The third-order valence-electron chi connectivity index (χ3n) is 6.02. The minimum Gasteiger partial charge on any atom is -0.185 e. The Bertz CT molecular complexity index is 954. The van der Waals surface area contributed by atoms with Gasteiger partial charge in [0, 0.05) is 35.8 Å². The maximum atomic E-state index is 2.65. The van der Waals surface area contributed by atoms with Crippen LogP contribution in [0, 0.1) is 6.92 Å². The Morgan fingerprint density at radius 2 is 1.91 bits per heavy atom. The molecule has 1 heteroatoms. The smallest absolute Gasteiger partial charge is 0.185 e. The molecule has 3 aromatic rings. The maximum absolute atomic E-state index is 2.65. The molecule has 2 aliphatic heterocycles. The van der Waals surface area contributed by atoms with Gasteiger partial charge in [-0.1, -0.05) is 37.3 Å². The van der Waals surface area contributed by atoms with Gasteiger partial charge in [-0.15, -0.1) is 0 Å². The molecule has 2 atom stereocenters. The Labute approximate surface area is 131 Å². The molecule has 0 N–H and O–H groups in total. The number of nitrogens with zero attached hydrogens (tertiary/aromatic N) is 1. The number of pyridine rings is 1. The zero-order chi connectivity index (χ0) is 15.1. The van der Waals surface area contributed by atoms with Crippen LogP contribution in [-0.4, -0.2) is 0 Å².